The Bertz CT molecular complexity index is 313. The molecule has 2 amide bonds. The van der Waals surface area contributed by atoms with Gasteiger partial charge in [0, 0.05) is 19.1 Å². The van der Waals surface area contributed by atoms with Crippen LogP contribution in [0.25, 0.3) is 0 Å². The molecule has 3 N–H and O–H groups in total. The van der Waals surface area contributed by atoms with Gasteiger partial charge in [-0.1, -0.05) is 20.3 Å². The first-order valence-electron chi connectivity index (χ1n) is 6.31. The summed E-state index contributed by atoms with van der Waals surface area (Å²) in [6.45, 7) is 6.37. The Hall–Kier alpha value is -1.30. The van der Waals surface area contributed by atoms with Crippen molar-refractivity contribution in [3.63, 3.8) is 0 Å². The van der Waals surface area contributed by atoms with Crippen LogP contribution in [0.15, 0.2) is 0 Å². The minimum Gasteiger partial charge on any atom is -0.479 e. The van der Waals surface area contributed by atoms with E-state index < -0.39 is 17.5 Å². The highest BCUT2D eigenvalue weighted by atomic mass is 16.5. The number of carbonyl (C=O) groups excluding carboxylic acids is 1. The zero-order chi connectivity index (χ0) is 13.8. The van der Waals surface area contributed by atoms with Crippen molar-refractivity contribution < 1.29 is 19.4 Å². The fourth-order valence-corrected chi connectivity index (χ4v) is 1.84. The van der Waals surface area contributed by atoms with Gasteiger partial charge in [0.1, 0.15) is 0 Å². The number of rotatable bonds is 5. The summed E-state index contributed by atoms with van der Waals surface area (Å²) in [5.74, 6) is -0.706. The van der Waals surface area contributed by atoms with Crippen molar-refractivity contribution in [2.75, 3.05) is 13.2 Å². The molecule has 3 unspecified atom stereocenters. The molecular weight excluding hydrogens is 236 g/mol. The van der Waals surface area contributed by atoms with Gasteiger partial charge < -0.3 is 20.5 Å². The maximum absolute atomic E-state index is 11.8. The summed E-state index contributed by atoms with van der Waals surface area (Å²) in [4.78, 5) is 23.0. The molecule has 3 atom stereocenters. The molecule has 104 valence electrons. The molecule has 6 heteroatoms. The summed E-state index contributed by atoms with van der Waals surface area (Å²) in [6, 6.07) is -0.445. The van der Waals surface area contributed by atoms with Crippen molar-refractivity contribution in [1.29, 1.82) is 0 Å². The maximum atomic E-state index is 11.8. The number of hydrogen-bond acceptors (Lipinski definition) is 3. The van der Waals surface area contributed by atoms with Crippen LogP contribution >= 0.6 is 0 Å². The lowest BCUT2D eigenvalue weighted by Crippen LogP contribution is -2.59. The quantitative estimate of drug-likeness (QED) is 0.685. The summed E-state index contributed by atoms with van der Waals surface area (Å²) in [6.07, 6.45) is 1.25. The highest BCUT2D eigenvalue weighted by Crippen LogP contribution is 2.19. The average molecular weight is 258 g/mol. The van der Waals surface area contributed by atoms with Gasteiger partial charge in [0.15, 0.2) is 5.54 Å². The average Bonchev–Trinajstić information content (AvgIpc) is 2.77. The standard InChI is InChI=1S/C12H22N2O4/c1-4-8(2)9(3)13-11(17)14-12(10(15)16)5-6-18-7-12/h8-9H,4-7H2,1-3H3,(H,15,16)(H2,13,14,17). The second kappa shape index (κ2) is 6.04. The maximum Gasteiger partial charge on any atom is 0.332 e. The van der Waals surface area contributed by atoms with Crippen molar-refractivity contribution >= 4 is 12.0 Å². The fourth-order valence-electron chi connectivity index (χ4n) is 1.84. The number of hydrogen-bond donors (Lipinski definition) is 3. The third-order valence-electron chi connectivity index (χ3n) is 3.64. The Morgan fingerprint density at radius 2 is 2.11 bits per heavy atom. The van der Waals surface area contributed by atoms with Crippen LogP contribution in [0.1, 0.15) is 33.6 Å². The number of aliphatic carboxylic acids is 1. The molecule has 1 heterocycles. The summed E-state index contributed by atoms with van der Waals surface area (Å²) >= 11 is 0. The lowest BCUT2D eigenvalue weighted by atomic mass is 9.99. The van der Waals surface area contributed by atoms with Crippen LogP contribution in [-0.2, 0) is 9.53 Å². The molecule has 0 aromatic carbocycles. The van der Waals surface area contributed by atoms with Gasteiger partial charge in [0.25, 0.3) is 0 Å². The number of nitrogens with one attached hydrogen (secondary N) is 2. The Balaban J connectivity index is 2.55. The van der Waals surface area contributed by atoms with Crippen molar-refractivity contribution in [2.24, 2.45) is 5.92 Å². The topological polar surface area (TPSA) is 87.7 Å². The number of amides is 2. The van der Waals surface area contributed by atoms with E-state index in [9.17, 15) is 14.7 Å². The molecule has 1 saturated heterocycles. The molecule has 1 fully saturated rings. The van der Waals surface area contributed by atoms with Gasteiger partial charge in [-0.3, -0.25) is 0 Å². The normalized spacial score (nSPS) is 26.4. The largest absolute Gasteiger partial charge is 0.479 e. The second-order valence-corrected chi connectivity index (χ2v) is 4.96. The molecule has 0 bridgehead atoms. The highest BCUT2D eigenvalue weighted by molar-refractivity contribution is 5.86. The zero-order valence-corrected chi connectivity index (χ0v) is 11.2. The van der Waals surface area contributed by atoms with Crippen LogP contribution in [0.4, 0.5) is 4.79 Å². The summed E-state index contributed by atoms with van der Waals surface area (Å²) in [7, 11) is 0. The fraction of sp³-hybridized carbons (Fsp3) is 0.833. The smallest absolute Gasteiger partial charge is 0.332 e. The first-order valence-corrected chi connectivity index (χ1v) is 6.31. The second-order valence-electron chi connectivity index (χ2n) is 4.96. The molecular formula is C12H22N2O4. The number of ether oxygens (including phenoxy) is 1. The van der Waals surface area contributed by atoms with Gasteiger partial charge in [-0.05, 0) is 12.8 Å². The minimum atomic E-state index is -1.28. The van der Waals surface area contributed by atoms with Crippen LogP contribution in [0.5, 0.6) is 0 Å². The lowest BCUT2D eigenvalue weighted by molar-refractivity contribution is -0.144. The lowest BCUT2D eigenvalue weighted by Gasteiger charge is -2.26. The SMILES string of the molecule is CCC(C)C(C)NC(=O)NC1(C(=O)O)CCOC1. The number of carboxylic acids is 1. The van der Waals surface area contributed by atoms with Crippen LogP contribution in [0.2, 0.25) is 0 Å². The third-order valence-corrected chi connectivity index (χ3v) is 3.64. The van der Waals surface area contributed by atoms with Gasteiger partial charge in [-0.25, -0.2) is 9.59 Å². The van der Waals surface area contributed by atoms with Crippen LogP contribution in [0.3, 0.4) is 0 Å². The molecule has 0 aromatic heterocycles. The first kappa shape index (κ1) is 14.8. The van der Waals surface area contributed by atoms with Crippen molar-refractivity contribution in [3.8, 4) is 0 Å². The third kappa shape index (κ3) is 3.35. The molecule has 0 spiro atoms. The van der Waals surface area contributed by atoms with Crippen molar-refractivity contribution in [2.45, 2.75) is 45.2 Å². The summed E-state index contributed by atoms with van der Waals surface area (Å²) < 4.78 is 5.07. The highest BCUT2D eigenvalue weighted by Gasteiger charge is 2.44. The van der Waals surface area contributed by atoms with E-state index in [1.165, 1.54) is 0 Å². The molecule has 0 radical (unpaired) electrons. The van der Waals surface area contributed by atoms with E-state index in [0.717, 1.165) is 6.42 Å². The Kier molecular flexibility index (Phi) is 4.95. The Morgan fingerprint density at radius 1 is 1.44 bits per heavy atom. The molecule has 1 aliphatic heterocycles. The van der Waals surface area contributed by atoms with Gasteiger partial charge >= 0.3 is 12.0 Å². The van der Waals surface area contributed by atoms with E-state index >= 15 is 0 Å². The van der Waals surface area contributed by atoms with E-state index in [0.29, 0.717) is 18.9 Å². The molecule has 0 aromatic rings. The molecule has 1 aliphatic rings. The molecule has 1 rings (SSSR count). The predicted octanol–water partition coefficient (Wildman–Crippen LogP) is 0.964. The number of carboxylic acid groups (broad SMARTS) is 1. The van der Waals surface area contributed by atoms with Crippen molar-refractivity contribution in [1.82, 2.24) is 10.6 Å². The molecule has 0 saturated carbocycles. The molecule has 18 heavy (non-hydrogen) atoms. The van der Waals surface area contributed by atoms with Gasteiger partial charge in [-0.2, -0.15) is 0 Å². The van der Waals surface area contributed by atoms with Gasteiger partial charge in [0.05, 0.1) is 6.61 Å². The van der Waals surface area contributed by atoms with E-state index in [2.05, 4.69) is 10.6 Å². The molecule has 0 aliphatic carbocycles. The van der Waals surface area contributed by atoms with Crippen LogP contribution in [-0.4, -0.2) is 41.9 Å². The van der Waals surface area contributed by atoms with Crippen molar-refractivity contribution in [3.05, 3.63) is 0 Å². The van der Waals surface area contributed by atoms with Gasteiger partial charge in [-0.15, -0.1) is 0 Å². The van der Waals surface area contributed by atoms with Crippen LogP contribution in [0, 0.1) is 5.92 Å². The van der Waals surface area contributed by atoms with E-state index in [1.54, 1.807) is 0 Å². The summed E-state index contributed by atoms with van der Waals surface area (Å²) in [5.41, 5.74) is -1.28. The molecule has 6 nitrogen and oxygen atoms in total. The number of urea groups is 1. The van der Waals surface area contributed by atoms with E-state index in [4.69, 9.17) is 4.74 Å². The monoisotopic (exact) mass is 258 g/mol. The van der Waals surface area contributed by atoms with Gasteiger partial charge in [0.2, 0.25) is 0 Å². The minimum absolute atomic E-state index is 0.00293. The Labute approximate surface area is 107 Å². The number of carbonyl (C=O) groups is 2. The van der Waals surface area contributed by atoms with Crippen LogP contribution < -0.4 is 10.6 Å². The van der Waals surface area contributed by atoms with E-state index in [1.807, 2.05) is 20.8 Å². The van der Waals surface area contributed by atoms with E-state index in [-0.39, 0.29) is 12.6 Å². The predicted molar refractivity (Wildman–Crippen MR) is 66.4 cm³/mol. The summed E-state index contributed by atoms with van der Waals surface area (Å²) in [5, 5.41) is 14.5. The zero-order valence-electron chi connectivity index (χ0n) is 11.2. The first-order chi connectivity index (χ1) is 8.41. The Morgan fingerprint density at radius 3 is 2.56 bits per heavy atom.